The lowest BCUT2D eigenvalue weighted by Crippen LogP contribution is -1.98. The molecule has 19 heavy (non-hydrogen) atoms. The van der Waals surface area contributed by atoms with E-state index < -0.39 is 0 Å². The van der Waals surface area contributed by atoms with Crippen LogP contribution in [-0.4, -0.2) is 5.78 Å². The number of ketones is 1. The zero-order valence-corrected chi connectivity index (χ0v) is 10.5. The zero-order valence-electron chi connectivity index (χ0n) is 10.5. The lowest BCUT2D eigenvalue weighted by molar-refractivity contribution is 0.105. The minimum absolute atomic E-state index is 0.0576. The molecule has 0 aliphatic heterocycles. The van der Waals surface area contributed by atoms with Crippen molar-refractivity contribution in [3.8, 4) is 6.07 Å². The first-order valence-electron chi connectivity index (χ1n) is 6.08. The van der Waals surface area contributed by atoms with Gasteiger partial charge < -0.3 is 0 Å². The van der Waals surface area contributed by atoms with E-state index in [0.29, 0.717) is 16.7 Å². The Morgan fingerprint density at radius 2 is 1.74 bits per heavy atom. The summed E-state index contributed by atoms with van der Waals surface area (Å²) in [6.45, 7) is 1.97. The van der Waals surface area contributed by atoms with Gasteiger partial charge in [0.1, 0.15) is 6.07 Å². The topological polar surface area (TPSA) is 40.9 Å². The van der Waals surface area contributed by atoms with E-state index >= 15 is 0 Å². The molecule has 0 aromatic heterocycles. The fraction of sp³-hybridized carbons (Fsp3) is 0.0588. The van der Waals surface area contributed by atoms with Crippen LogP contribution in [0.3, 0.4) is 0 Å². The van der Waals surface area contributed by atoms with Gasteiger partial charge in [0.15, 0.2) is 5.78 Å². The molecule has 90 valence electrons. The highest BCUT2D eigenvalue weighted by molar-refractivity contribution is 6.41. The smallest absolute Gasteiger partial charge is 0.195 e. The molecule has 0 bridgehead atoms. The standard InChI is InChI=1S/C17H11NO/c1-11-5-4-6-12(9-11)16-15(10-18)13-7-2-3-8-14(13)17(16)19/h2-9H,1H3. The van der Waals surface area contributed by atoms with Gasteiger partial charge in [-0.1, -0.05) is 54.1 Å². The maximum absolute atomic E-state index is 12.5. The van der Waals surface area contributed by atoms with Gasteiger partial charge in [-0.25, -0.2) is 0 Å². The van der Waals surface area contributed by atoms with Crippen LogP contribution in [0.15, 0.2) is 48.5 Å². The average Bonchev–Trinajstić information content (AvgIpc) is 2.72. The number of Topliss-reactive ketones (excluding diaryl/α,β-unsaturated/α-hetero) is 1. The Bertz CT molecular complexity index is 763. The Morgan fingerprint density at radius 3 is 2.42 bits per heavy atom. The summed E-state index contributed by atoms with van der Waals surface area (Å²) < 4.78 is 0. The summed E-state index contributed by atoms with van der Waals surface area (Å²) in [6.07, 6.45) is 0. The summed E-state index contributed by atoms with van der Waals surface area (Å²) in [7, 11) is 0. The molecule has 0 radical (unpaired) electrons. The average molecular weight is 245 g/mol. The van der Waals surface area contributed by atoms with Crippen molar-refractivity contribution in [2.75, 3.05) is 0 Å². The molecule has 0 spiro atoms. The van der Waals surface area contributed by atoms with E-state index in [1.165, 1.54) is 0 Å². The van der Waals surface area contributed by atoms with E-state index in [-0.39, 0.29) is 5.78 Å². The highest BCUT2D eigenvalue weighted by Gasteiger charge is 2.30. The molecular formula is C17H11NO. The number of nitrogens with zero attached hydrogens (tertiary/aromatic N) is 1. The Morgan fingerprint density at radius 1 is 1.00 bits per heavy atom. The minimum Gasteiger partial charge on any atom is -0.289 e. The highest BCUT2D eigenvalue weighted by Crippen LogP contribution is 2.37. The van der Waals surface area contributed by atoms with Crippen LogP contribution < -0.4 is 0 Å². The predicted octanol–water partition coefficient (Wildman–Crippen LogP) is 3.63. The largest absolute Gasteiger partial charge is 0.289 e. The van der Waals surface area contributed by atoms with Crippen molar-refractivity contribution in [1.29, 1.82) is 5.26 Å². The van der Waals surface area contributed by atoms with Crippen LogP contribution in [0, 0.1) is 18.3 Å². The number of carbonyl (C=O) groups excluding carboxylic acids is 1. The Labute approximate surface area is 111 Å². The van der Waals surface area contributed by atoms with Crippen LogP contribution in [0.2, 0.25) is 0 Å². The molecule has 0 heterocycles. The fourth-order valence-corrected chi connectivity index (χ4v) is 2.47. The van der Waals surface area contributed by atoms with Gasteiger partial charge in [0.2, 0.25) is 0 Å². The van der Waals surface area contributed by atoms with E-state index in [4.69, 9.17) is 0 Å². The molecule has 0 atom stereocenters. The van der Waals surface area contributed by atoms with E-state index in [2.05, 4.69) is 6.07 Å². The van der Waals surface area contributed by atoms with Crippen LogP contribution in [0.25, 0.3) is 11.1 Å². The van der Waals surface area contributed by atoms with Crippen molar-refractivity contribution >= 4 is 16.9 Å². The molecule has 1 aliphatic carbocycles. The molecule has 2 heteroatoms. The van der Waals surface area contributed by atoms with Crippen LogP contribution in [0.1, 0.15) is 27.0 Å². The second kappa shape index (κ2) is 4.22. The van der Waals surface area contributed by atoms with Crippen molar-refractivity contribution in [1.82, 2.24) is 0 Å². The second-order valence-electron chi connectivity index (χ2n) is 4.61. The maximum atomic E-state index is 12.5. The summed E-state index contributed by atoms with van der Waals surface area (Å²) in [6, 6.07) is 17.2. The van der Waals surface area contributed by atoms with Crippen LogP contribution >= 0.6 is 0 Å². The van der Waals surface area contributed by atoms with Gasteiger partial charge in [-0.05, 0) is 12.5 Å². The molecule has 2 nitrogen and oxygen atoms in total. The highest BCUT2D eigenvalue weighted by atomic mass is 16.1. The first-order valence-corrected chi connectivity index (χ1v) is 6.08. The van der Waals surface area contributed by atoms with Gasteiger partial charge in [-0.3, -0.25) is 4.79 Å². The first-order chi connectivity index (χ1) is 9.22. The van der Waals surface area contributed by atoms with Gasteiger partial charge in [0.05, 0.1) is 5.57 Å². The van der Waals surface area contributed by atoms with Crippen molar-refractivity contribution < 1.29 is 4.79 Å². The number of aryl methyl sites for hydroxylation is 1. The van der Waals surface area contributed by atoms with E-state index in [1.54, 1.807) is 6.07 Å². The molecule has 2 aromatic rings. The lowest BCUT2D eigenvalue weighted by Gasteiger charge is -2.03. The van der Waals surface area contributed by atoms with Gasteiger partial charge >= 0.3 is 0 Å². The third-order valence-electron chi connectivity index (χ3n) is 3.34. The monoisotopic (exact) mass is 245 g/mol. The van der Waals surface area contributed by atoms with Gasteiger partial charge in [0, 0.05) is 16.7 Å². The maximum Gasteiger partial charge on any atom is 0.195 e. The number of benzene rings is 2. The van der Waals surface area contributed by atoms with Crippen molar-refractivity contribution in [2.24, 2.45) is 0 Å². The zero-order chi connectivity index (χ0) is 13.4. The second-order valence-corrected chi connectivity index (χ2v) is 4.61. The van der Waals surface area contributed by atoms with Crippen molar-refractivity contribution in [2.45, 2.75) is 6.92 Å². The Balaban J connectivity index is 2.28. The molecule has 1 aliphatic rings. The van der Waals surface area contributed by atoms with E-state index in [9.17, 15) is 10.1 Å². The molecule has 0 fully saturated rings. The van der Waals surface area contributed by atoms with E-state index in [0.717, 1.165) is 16.7 Å². The molecular weight excluding hydrogens is 234 g/mol. The molecule has 0 unspecified atom stereocenters. The lowest BCUT2D eigenvalue weighted by atomic mass is 9.99. The summed E-state index contributed by atoms with van der Waals surface area (Å²) in [4.78, 5) is 12.5. The van der Waals surface area contributed by atoms with Crippen LogP contribution in [0.5, 0.6) is 0 Å². The quantitative estimate of drug-likeness (QED) is 0.769. The number of fused-ring (bicyclic) bond motifs is 1. The molecule has 3 rings (SSSR count). The number of allylic oxidation sites excluding steroid dienone is 2. The summed E-state index contributed by atoms with van der Waals surface area (Å²) >= 11 is 0. The SMILES string of the molecule is Cc1cccc(C2=C(C#N)c3ccccc3C2=O)c1. The van der Waals surface area contributed by atoms with Crippen molar-refractivity contribution in [3.63, 3.8) is 0 Å². The number of carbonyl (C=O) groups is 1. The molecule has 0 N–H and O–H groups in total. The molecule has 0 saturated heterocycles. The minimum atomic E-state index is -0.0576. The summed E-state index contributed by atoms with van der Waals surface area (Å²) in [5.41, 5.74) is 4.25. The van der Waals surface area contributed by atoms with Gasteiger partial charge in [0.25, 0.3) is 0 Å². The Hall–Kier alpha value is -2.66. The van der Waals surface area contributed by atoms with E-state index in [1.807, 2.05) is 49.4 Å². The molecule has 0 saturated carbocycles. The van der Waals surface area contributed by atoms with Crippen LogP contribution in [0.4, 0.5) is 0 Å². The summed E-state index contributed by atoms with van der Waals surface area (Å²) in [5.74, 6) is -0.0576. The Kier molecular flexibility index (Phi) is 2.54. The third kappa shape index (κ3) is 1.68. The van der Waals surface area contributed by atoms with Gasteiger partial charge in [-0.2, -0.15) is 5.26 Å². The first kappa shape index (κ1) is 11.4. The number of nitriles is 1. The van der Waals surface area contributed by atoms with Crippen molar-refractivity contribution in [3.05, 3.63) is 70.8 Å². The number of rotatable bonds is 1. The normalized spacial score (nSPS) is 13.4. The van der Waals surface area contributed by atoms with Crippen LogP contribution in [-0.2, 0) is 0 Å². The predicted molar refractivity (Wildman–Crippen MR) is 74.4 cm³/mol. The third-order valence-corrected chi connectivity index (χ3v) is 3.34. The van der Waals surface area contributed by atoms with Gasteiger partial charge in [-0.15, -0.1) is 0 Å². The fourth-order valence-electron chi connectivity index (χ4n) is 2.47. The number of hydrogen-bond acceptors (Lipinski definition) is 2. The molecule has 2 aromatic carbocycles. The molecule has 0 amide bonds. The summed E-state index contributed by atoms with van der Waals surface area (Å²) in [5, 5.41) is 9.37. The number of hydrogen-bond donors (Lipinski definition) is 0.